The minimum absolute atomic E-state index is 0.145. The van der Waals surface area contributed by atoms with Crippen LogP contribution in [-0.2, 0) is 14.3 Å². The van der Waals surface area contributed by atoms with E-state index in [1.54, 1.807) is 6.92 Å². The number of aliphatic carboxylic acids is 1. The van der Waals surface area contributed by atoms with E-state index in [-0.39, 0.29) is 31.5 Å². The van der Waals surface area contributed by atoms with Crippen molar-refractivity contribution in [3.8, 4) is 0 Å². The first-order valence-corrected chi connectivity index (χ1v) is 5.27. The molecule has 2 unspecified atom stereocenters. The van der Waals surface area contributed by atoms with Gasteiger partial charge in [-0.3, -0.25) is 9.59 Å². The summed E-state index contributed by atoms with van der Waals surface area (Å²) in [6, 6.07) is 0. The Labute approximate surface area is 95.1 Å². The Kier molecular flexibility index (Phi) is 7.49. The Hall–Kier alpha value is -1.14. The molecule has 94 valence electrons. The second-order valence-corrected chi connectivity index (χ2v) is 3.55. The van der Waals surface area contributed by atoms with Gasteiger partial charge >= 0.3 is 5.97 Å². The normalized spacial score (nSPS) is 14.2. The molecule has 0 spiro atoms. The van der Waals surface area contributed by atoms with Gasteiger partial charge in [0.2, 0.25) is 5.91 Å². The fourth-order valence-corrected chi connectivity index (χ4v) is 1.19. The third kappa shape index (κ3) is 5.67. The van der Waals surface area contributed by atoms with Gasteiger partial charge in [0, 0.05) is 20.2 Å². The van der Waals surface area contributed by atoms with Crippen LogP contribution in [0.1, 0.15) is 19.8 Å². The number of nitrogens with one attached hydrogen (secondary N) is 1. The van der Waals surface area contributed by atoms with Gasteiger partial charge in [-0.15, -0.1) is 0 Å². The van der Waals surface area contributed by atoms with Crippen LogP contribution in [0, 0.1) is 5.92 Å². The van der Waals surface area contributed by atoms with E-state index in [1.165, 1.54) is 7.11 Å². The van der Waals surface area contributed by atoms with Crippen molar-refractivity contribution >= 4 is 11.9 Å². The molecule has 0 heterocycles. The molecule has 0 aliphatic heterocycles. The zero-order valence-corrected chi connectivity index (χ0v) is 9.73. The summed E-state index contributed by atoms with van der Waals surface area (Å²) < 4.78 is 4.95. The molecular weight excluding hydrogens is 212 g/mol. The van der Waals surface area contributed by atoms with Crippen molar-refractivity contribution in [2.24, 2.45) is 11.7 Å². The van der Waals surface area contributed by atoms with Crippen LogP contribution in [0.2, 0.25) is 0 Å². The summed E-state index contributed by atoms with van der Waals surface area (Å²) in [5.74, 6) is -1.68. The van der Waals surface area contributed by atoms with E-state index in [9.17, 15) is 9.59 Å². The van der Waals surface area contributed by atoms with Crippen molar-refractivity contribution in [3.05, 3.63) is 0 Å². The van der Waals surface area contributed by atoms with Crippen molar-refractivity contribution in [3.63, 3.8) is 0 Å². The van der Waals surface area contributed by atoms with Crippen LogP contribution < -0.4 is 11.1 Å². The van der Waals surface area contributed by atoms with Gasteiger partial charge in [0.1, 0.15) is 0 Å². The van der Waals surface area contributed by atoms with E-state index in [2.05, 4.69) is 5.32 Å². The van der Waals surface area contributed by atoms with Crippen molar-refractivity contribution in [1.82, 2.24) is 5.32 Å². The molecular formula is C10H20N2O4. The molecule has 0 aliphatic carbocycles. The van der Waals surface area contributed by atoms with Crippen molar-refractivity contribution < 1.29 is 19.4 Å². The summed E-state index contributed by atoms with van der Waals surface area (Å²) in [4.78, 5) is 22.1. The lowest BCUT2D eigenvalue weighted by atomic mass is 10.1. The van der Waals surface area contributed by atoms with Crippen LogP contribution >= 0.6 is 0 Å². The van der Waals surface area contributed by atoms with Crippen LogP contribution in [0.5, 0.6) is 0 Å². The van der Waals surface area contributed by atoms with Gasteiger partial charge in [-0.1, -0.05) is 6.92 Å². The molecule has 0 aromatic heterocycles. The first kappa shape index (κ1) is 14.9. The van der Waals surface area contributed by atoms with Crippen molar-refractivity contribution in [1.29, 1.82) is 0 Å². The zero-order valence-electron chi connectivity index (χ0n) is 9.73. The third-order valence-corrected chi connectivity index (χ3v) is 2.40. The molecule has 0 saturated carbocycles. The number of carboxylic acids is 1. The number of hydrogen-bond acceptors (Lipinski definition) is 4. The molecule has 1 amide bonds. The molecule has 0 fully saturated rings. The van der Waals surface area contributed by atoms with E-state index in [0.29, 0.717) is 6.42 Å². The maximum Gasteiger partial charge on any atom is 0.308 e. The minimum atomic E-state index is -0.898. The van der Waals surface area contributed by atoms with Gasteiger partial charge in [-0.25, -0.2) is 0 Å². The highest BCUT2D eigenvalue weighted by Gasteiger charge is 2.17. The maximum absolute atomic E-state index is 11.4. The van der Waals surface area contributed by atoms with E-state index in [0.717, 1.165) is 0 Å². The van der Waals surface area contributed by atoms with Crippen molar-refractivity contribution in [2.45, 2.75) is 25.9 Å². The van der Waals surface area contributed by atoms with E-state index in [1.807, 2.05) is 0 Å². The second kappa shape index (κ2) is 8.06. The predicted octanol–water partition coefficient (Wildman–Crippen LogP) is -0.423. The van der Waals surface area contributed by atoms with E-state index >= 15 is 0 Å². The van der Waals surface area contributed by atoms with Gasteiger partial charge < -0.3 is 20.9 Å². The summed E-state index contributed by atoms with van der Waals surface area (Å²) in [5, 5.41) is 11.3. The van der Waals surface area contributed by atoms with E-state index < -0.39 is 11.9 Å². The summed E-state index contributed by atoms with van der Waals surface area (Å²) in [6.45, 7) is 2.18. The Morgan fingerprint density at radius 2 is 2.12 bits per heavy atom. The molecule has 0 bridgehead atoms. The molecule has 6 heteroatoms. The predicted molar refractivity (Wildman–Crippen MR) is 58.9 cm³/mol. The standard InChI is InChI=1S/C10H20N2O4/c1-3-7(10(14)15)6-12-9(13)4-8(5-11)16-2/h7-8H,3-6,11H2,1-2H3,(H,12,13)(H,14,15). The summed E-state index contributed by atoms with van der Waals surface area (Å²) in [6.07, 6.45) is 0.327. The summed E-state index contributed by atoms with van der Waals surface area (Å²) in [5.41, 5.74) is 5.36. The van der Waals surface area contributed by atoms with Gasteiger partial charge in [0.15, 0.2) is 0 Å². The first-order chi connectivity index (χ1) is 7.54. The number of hydrogen-bond donors (Lipinski definition) is 3. The number of carbonyl (C=O) groups is 2. The molecule has 0 aromatic carbocycles. The molecule has 6 nitrogen and oxygen atoms in total. The molecule has 2 atom stereocenters. The summed E-state index contributed by atoms with van der Waals surface area (Å²) >= 11 is 0. The van der Waals surface area contributed by atoms with Gasteiger partial charge in [0.25, 0.3) is 0 Å². The van der Waals surface area contributed by atoms with Crippen LogP contribution in [0.15, 0.2) is 0 Å². The molecule has 0 saturated heterocycles. The highest BCUT2D eigenvalue weighted by atomic mass is 16.5. The second-order valence-electron chi connectivity index (χ2n) is 3.55. The number of carbonyl (C=O) groups excluding carboxylic acids is 1. The lowest BCUT2D eigenvalue weighted by molar-refractivity contribution is -0.141. The fraction of sp³-hybridized carbons (Fsp3) is 0.800. The molecule has 0 aromatic rings. The largest absolute Gasteiger partial charge is 0.481 e. The number of methoxy groups -OCH3 is 1. The lowest BCUT2D eigenvalue weighted by Crippen LogP contribution is -2.36. The average molecular weight is 232 g/mol. The number of nitrogens with two attached hydrogens (primary N) is 1. The molecule has 0 aliphatic rings. The number of amides is 1. The number of rotatable bonds is 8. The monoisotopic (exact) mass is 232 g/mol. The molecule has 16 heavy (non-hydrogen) atoms. The van der Waals surface area contributed by atoms with Gasteiger partial charge in [-0.05, 0) is 6.42 Å². The number of ether oxygens (including phenoxy) is 1. The minimum Gasteiger partial charge on any atom is -0.481 e. The fourth-order valence-electron chi connectivity index (χ4n) is 1.19. The quantitative estimate of drug-likeness (QED) is 0.527. The van der Waals surface area contributed by atoms with Crippen LogP contribution in [0.25, 0.3) is 0 Å². The molecule has 4 N–H and O–H groups in total. The van der Waals surface area contributed by atoms with Gasteiger partial charge in [-0.2, -0.15) is 0 Å². The molecule has 0 radical (unpaired) electrons. The SMILES string of the molecule is CCC(CNC(=O)CC(CN)OC)C(=O)O. The average Bonchev–Trinajstić information content (AvgIpc) is 2.26. The Morgan fingerprint density at radius 3 is 2.50 bits per heavy atom. The highest BCUT2D eigenvalue weighted by molar-refractivity contribution is 5.77. The Morgan fingerprint density at radius 1 is 1.50 bits per heavy atom. The first-order valence-electron chi connectivity index (χ1n) is 5.27. The van der Waals surface area contributed by atoms with Crippen LogP contribution in [0.4, 0.5) is 0 Å². The topological polar surface area (TPSA) is 102 Å². The smallest absolute Gasteiger partial charge is 0.308 e. The maximum atomic E-state index is 11.4. The third-order valence-electron chi connectivity index (χ3n) is 2.40. The summed E-state index contributed by atoms with van der Waals surface area (Å²) in [7, 11) is 1.48. The van der Waals surface area contributed by atoms with Crippen LogP contribution in [-0.4, -0.2) is 43.3 Å². The Bertz CT molecular complexity index is 229. The molecule has 0 rings (SSSR count). The number of carboxylic acid groups (broad SMARTS) is 1. The Balaban J connectivity index is 3.92. The van der Waals surface area contributed by atoms with Crippen molar-refractivity contribution in [2.75, 3.05) is 20.2 Å². The van der Waals surface area contributed by atoms with Crippen LogP contribution in [0.3, 0.4) is 0 Å². The zero-order chi connectivity index (χ0) is 12.6. The van der Waals surface area contributed by atoms with E-state index in [4.69, 9.17) is 15.6 Å². The lowest BCUT2D eigenvalue weighted by Gasteiger charge is -2.14. The highest BCUT2D eigenvalue weighted by Crippen LogP contribution is 2.01. The van der Waals surface area contributed by atoms with Gasteiger partial charge in [0.05, 0.1) is 18.4 Å².